The molecule has 0 heterocycles. The molecule has 1 aromatic carbocycles. The number of rotatable bonds is 6. The Morgan fingerprint density at radius 2 is 2.05 bits per heavy atom. The lowest BCUT2D eigenvalue weighted by Crippen LogP contribution is -2.35. The van der Waals surface area contributed by atoms with Crippen LogP contribution in [0.1, 0.15) is 19.4 Å². The van der Waals surface area contributed by atoms with Crippen molar-refractivity contribution in [3.05, 3.63) is 29.6 Å². The number of hydrogen-bond acceptors (Lipinski definition) is 3. The van der Waals surface area contributed by atoms with Crippen LogP contribution >= 0.6 is 12.2 Å². The van der Waals surface area contributed by atoms with E-state index in [2.05, 4.69) is 5.32 Å². The van der Waals surface area contributed by atoms with Crippen LogP contribution in [0.15, 0.2) is 18.2 Å². The number of benzene rings is 1. The van der Waals surface area contributed by atoms with E-state index in [0.717, 1.165) is 0 Å². The third-order valence-corrected chi connectivity index (χ3v) is 3.04. The minimum Gasteiger partial charge on any atom is -0.389 e. The predicted octanol–water partition coefficient (Wildman–Crippen LogP) is 1.74. The predicted molar refractivity (Wildman–Crippen MR) is 78.7 cm³/mol. The normalized spacial score (nSPS) is 10.1. The van der Waals surface area contributed by atoms with Crippen LogP contribution in [0.25, 0.3) is 0 Å². The van der Waals surface area contributed by atoms with Gasteiger partial charge in [-0.25, -0.2) is 4.39 Å². The molecule has 0 aliphatic rings. The maximum Gasteiger partial charge on any atom is 0.241 e. The fourth-order valence-corrected chi connectivity index (χ4v) is 1.80. The quantitative estimate of drug-likeness (QED) is 0.781. The van der Waals surface area contributed by atoms with Crippen molar-refractivity contribution in [2.24, 2.45) is 5.73 Å². The van der Waals surface area contributed by atoms with Crippen LogP contribution in [0.4, 0.5) is 10.1 Å². The Morgan fingerprint density at radius 3 is 2.53 bits per heavy atom. The second kappa shape index (κ2) is 7.04. The standard InChI is InChI=1S/C13H18FN3OS/c1-3-17(4-2)12(18)8-16-11-6-5-9(13(15)19)7-10(11)14/h5-7,16H,3-4,8H2,1-2H3,(H2,15,19). The molecule has 3 N–H and O–H groups in total. The van der Waals surface area contributed by atoms with Crippen molar-refractivity contribution in [1.82, 2.24) is 4.90 Å². The summed E-state index contributed by atoms with van der Waals surface area (Å²) in [6.07, 6.45) is 0. The van der Waals surface area contributed by atoms with Gasteiger partial charge in [0, 0.05) is 18.7 Å². The molecule has 0 bridgehead atoms. The Kier molecular flexibility index (Phi) is 5.69. The van der Waals surface area contributed by atoms with Crippen LogP contribution in [0.2, 0.25) is 0 Å². The van der Waals surface area contributed by atoms with Gasteiger partial charge in [-0.2, -0.15) is 0 Å². The van der Waals surface area contributed by atoms with Gasteiger partial charge in [-0.15, -0.1) is 0 Å². The smallest absolute Gasteiger partial charge is 0.241 e. The highest BCUT2D eigenvalue weighted by atomic mass is 32.1. The van der Waals surface area contributed by atoms with Gasteiger partial charge < -0.3 is 16.0 Å². The summed E-state index contributed by atoms with van der Waals surface area (Å²) in [4.78, 5) is 13.6. The van der Waals surface area contributed by atoms with Gasteiger partial charge in [0.05, 0.1) is 12.2 Å². The third kappa shape index (κ3) is 4.17. The number of nitrogens with zero attached hydrogens (tertiary/aromatic N) is 1. The first kappa shape index (κ1) is 15.4. The average molecular weight is 283 g/mol. The number of hydrogen-bond donors (Lipinski definition) is 2. The maximum atomic E-state index is 13.7. The second-order valence-corrected chi connectivity index (χ2v) is 4.42. The van der Waals surface area contributed by atoms with Crippen LogP contribution in [0.3, 0.4) is 0 Å². The minimum atomic E-state index is -0.474. The molecule has 1 rings (SSSR count). The summed E-state index contributed by atoms with van der Waals surface area (Å²) in [5.41, 5.74) is 6.14. The lowest BCUT2D eigenvalue weighted by atomic mass is 10.2. The number of carbonyl (C=O) groups is 1. The molecule has 1 amide bonds. The van der Waals surface area contributed by atoms with E-state index in [0.29, 0.717) is 18.7 Å². The van der Waals surface area contributed by atoms with Gasteiger partial charge in [0.1, 0.15) is 10.8 Å². The van der Waals surface area contributed by atoms with E-state index in [1.165, 1.54) is 12.1 Å². The zero-order chi connectivity index (χ0) is 14.4. The van der Waals surface area contributed by atoms with E-state index >= 15 is 0 Å². The van der Waals surface area contributed by atoms with Crippen molar-refractivity contribution in [3.63, 3.8) is 0 Å². The molecule has 0 aromatic heterocycles. The molecule has 6 heteroatoms. The van der Waals surface area contributed by atoms with Crippen molar-refractivity contribution in [1.29, 1.82) is 0 Å². The fourth-order valence-electron chi connectivity index (χ4n) is 1.67. The highest BCUT2D eigenvalue weighted by molar-refractivity contribution is 7.80. The number of likely N-dealkylation sites (N-methyl/N-ethyl adjacent to an activating group) is 1. The summed E-state index contributed by atoms with van der Waals surface area (Å²) >= 11 is 4.77. The summed E-state index contributed by atoms with van der Waals surface area (Å²) in [6, 6.07) is 4.40. The zero-order valence-electron chi connectivity index (χ0n) is 11.1. The third-order valence-electron chi connectivity index (χ3n) is 2.80. The second-order valence-electron chi connectivity index (χ2n) is 3.98. The van der Waals surface area contributed by atoms with Gasteiger partial charge in [-0.3, -0.25) is 4.79 Å². The van der Waals surface area contributed by atoms with E-state index in [4.69, 9.17) is 18.0 Å². The van der Waals surface area contributed by atoms with Crippen molar-refractivity contribution in [2.45, 2.75) is 13.8 Å². The Morgan fingerprint density at radius 1 is 1.42 bits per heavy atom. The number of nitrogens with one attached hydrogen (secondary N) is 1. The largest absolute Gasteiger partial charge is 0.389 e. The van der Waals surface area contributed by atoms with E-state index in [1.54, 1.807) is 11.0 Å². The number of amides is 1. The Bertz CT molecular complexity index is 475. The summed E-state index contributed by atoms with van der Waals surface area (Å²) in [6.45, 7) is 5.14. The van der Waals surface area contributed by atoms with Gasteiger partial charge in [0.15, 0.2) is 0 Å². The lowest BCUT2D eigenvalue weighted by molar-refractivity contribution is -0.128. The van der Waals surface area contributed by atoms with Crippen LogP contribution < -0.4 is 11.1 Å². The monoisotopic (exact) mass is 283 g/mol. The summed E-state index contributed by atoms with van der Waals surface area (Å²) < 4.78 is 13.7. The molecule has 0 spiro atoms. The topological polar surface area (TPSA) is 58.4 Å². The average Bonchev–Trinajstić information content (AvgIpc) is 2.38. The van der Waals surface area contributed by atoms with Crippen LogP contribution in [0.5, 0.6) is 0 Å². The van der Waals surface area contributed by atoms with Gasteiger partial charge in [0.25, 0.3) is 0 Å². The number of nitrogens with two attached hydrogens (primary N) is 1. The Labute approximate surface area is 117 Å². The summed E-state index contributed by atoms with van der Waals surface area (Å²) in [5, 5.41) is 2.78. The van der Waals surface area contributed by atoms with Crippen molar-refractivity contribution in [3.8, 4) is 0 Å². The molecule has 0 unspecified atom stereocenters. The fraction of sp³-hybridized carbons (Fsp3) is 0.385. The zero-order valence-corrected chi connectivity index (χ0v) is 11.9. The van der Waals surface area contributed by atoms with Crippen molar-refractivity contribution >= 4 is 28.8 Å². The molecule has 0 radical (unpaired) electrons. The number of anilines is 1. The Balaban J connectivity index is 2.68. The molecular weight excluding hydrogens is 265 g/mol. The van der Waals surface area contributed by atoms with Crippen LogP contribution in [-0.2, 0) is 4.79 Å². The molecule has 0 saturated carbocycles. The van der Waals surface area contributed by atoms with Gasteiger partial charge in [-0.1, -0.05) is 12.2 Å². The van der Waals surface area contributed by atoms with E-state index in [-0.39, 0.29) is 23.1 Å². The molecule has 0 aliphatic heterocycles. The van der Waals surface area contributed by atoms with Crippen LogP contribution in [0, 0.1) is 5.82 Å². The van der Waals surface area contributed by atoms with E-state index in [9.17, 15) is 9.18 Å². The molecule has 0 saturated heterocycles. The van der Waals surface area contributed by atoms with Gasteiger partial charge >= 0.3 is 0 Å². The SMILES string of the molecule is CCN(CC)C(=O)CNc1ccc(C(N)=S)cc1F. The minimum absolute atomic E-state index is 0.0605. The molecule has 0 aliphatic carbocycles. The maximum absolute atomic E-state index is 13.7. The first-order chi connectivity index (χ1) is 8.99. The summed E-state index contributed by atoms with van der Waals surface area (Å²) in [7, 11) is 0. The molecule has 4 nitrogen and oxygen atoms in total. The van der Waals surface area contributed by atoms with Crippen molar-refractivity contribution in [2.75, 3.05) is 25.0 Å². The van der Waals surface area contributed by atoms with Crippen LogP contribution in [-0.4, -0.2) is 35.4 Å². The number of carbonyl (C=O) groups excluding carboxylic acids is 1. The Hall–Kier alpha value is -1.69. The molecule has 0 atom stereocenters. The highest BCUT2D eigenvalue weighted by Gasteiger charge is 2.11. The first-order valence-electron chi connectivity index (χ1n) is 6.10. The number of halogens is 1. The highest BCUT2D eigenvalue weighted by Crippen LogP contribution is 2.15. The lowest BCUT2D eigenvalue weighted by Gasteiger charge is -2.19. The van der Waals surface area contributed by atoms with Crippen molar-refractivity contribution < 1.29 is 9.18 Å². The molecule has 0 fully saturated rings. The molecular formula is C13H18FN3OS. The number of thiocarbonyl (C=S) groups is 1. The molecule has 1 aromatic rings. The van der Waals surface area contributed by atoms with E-state index in [1.807, 2.05) is 13.8 Å². The first-order valence-corrected chi connectivity index (χ1v) is 6.51. The van der Waals surface area contributed by atoms with Gasteiger partial charge in [-0.05, 0) is 32.0 Å². The van der Waals surface area contributed by atoms with E-state index < -0.39 is 5.82 Å². The molecule has 19 heavy (non-hydrogen) atoms. The molecule has 104 valence electrons. The van der Waals surface area contributed by atoms with Gasteiger partial charge in [0.2, 0.25) is 5.91 Å². The summed E-state index contributed by atoms with van der Waals surface area (Å²) in [5.74, 6) is -0.541.